The van der Waals surface area contributed by atoms with Gasteiger partial charge in [-0.1, -0.05) is 0 Å². The number of benzene rings is 1. The fourth-order valence-electron chi connectivity index (χ4n) is 4.27. The first-order valence-corrected chi connectivity index (χ1v) is 10.9. The normalized spacial score (nSPS) is 20.8. The largest absolute Gasteiger partial charge is 0.493 e. The number of Topliss-reactive ketones (excluding diaryl/α,β-unsaturated/α-hetero) is 1. The van der Waals surface area contributed by atoms with Gasteiger partial charge in [0.1, 0.15) is 5.75 Å². The van der Waals surface area contributed by atoms with E-state index in [2.05, 4.69) is 16.7 Å². The van der Waals surface area contributed by atoms with Gasteiger partial charge in [0.15, 0.2) is 5.78 Å². The molecule has 0 N–H and O–H groups in total. The molecule has 2 fully saturated rings. The molecular formula is C23H35N3O3. The first kappa shape index (κ1) is 21.8. The Morgan fingerprint density at radius 2 is 1.90 bits per heavy atom. The van der Waals surface area contributed by atoms with Crippen molar-refractivity contribution in [3.8, 4) is 5.75 Å². The lowest BCUT2D eigenvalue weighted by Gasteiger charge is -2.33. The first-order chi connectivity index (χ1) is 13.9. The van der Waals surface area contributed by atoms with Crippen molar-refractivity contribution in [2.45, 2.75) is 46.1 Å². The number of aryl methyl sites for hydroxylation is 1. The van der Waals surface area contributed by atoms with Gasteiger partial charge in [0.05, 0.1) is 13.2 Å². The van der Waals surface area contributed by atoms with E-state index in [1.54, 1.807) is 6.92 Å². The molecule has 2 aliphatic heterocycles. The Labute approximate surface area is 174 Å². The molecule has 1 unspecified atom stereocenters. The molecule has 1 atom stereocenters. The number of hydrogen-bond acceptors (Lipinski definition) is 5. The number of amides is 1. The van der Waals surface area contributed by atoms with Crippen molar-refractivity contribution in [3.63, 3.8) is 0 Å². The second-order valence-electron chi connectivity index (χ2n) is 8.41. The molecule has 1 aromatic rings. The van der Waals surface area contributed by atoms with E-state index in [0.717, 1.165) is 42.9 Å². The summed E-state index contributed by atoms with van der Waals surface area (Å²) in [6.07, 6.45) is 3.64. The highest BCUT2D eigenvalue weighted by Crippen LogP contribution is 2.21. The predicted molar refractivity (Wildman–Crippen MR) is 115 cm³/mol. The van der Waals surface area contributed by atoms with Gasteiger partial charge in [0.25, 0.3) is 0 Å². The van der Waals surface area contributed by atoms with Crippen LogP contribution in [0.5, 0.6) is 5.75 Å². The number of ether oxygens (including phenoxy) is 1. The third-order valence-corrected chi connectivity index (χ3v) is 6.22. The fraction of sp³-hybridized carbons (Fsp3) is 0.652. The minimum atomic E-state index is 0.108. The number of carbonyl (C=O) groups excluding carboxylic acids is 2. The summed E-state index contributed by atoms with van der Waals surface area (Å²) in [4.78, 5) is 30.6. The molecule has 2 aliphatic rings. The summed E-state index contributed by atoms with van der Waals surface area (Å²) in [6, 6.07) is 6.44. The summed E-state index contributed by atoms with van der Waals surface area (Å²) in [7, 11) is 0. The monoisotopic (exact) mass is 401 g/mol. The number of nitrogens with zero attached hydrogens (tertiary/aromatic N) is 3. The standard InChI is InChI=1S/C23H35N3O3/c1-18-16-21(22(28)17-24-11-13-26(14-12-24)20(3)27)7-8-23(18)29-15-5-10-25-9-4-6-19(25)2/h7-8,16,19H,4-6,9-15,17H2,1-3H3. The third-order valence-electron chi connectivity index (χ3n) is 6.22. The van der Waals surface area contributed by atoms with Gasteiger partial charge in [-0.3, -0.25) is 14.5 Å². The lowest BCUT2D eigenvalue weighted by Crippen LogP contribution is -2.49. The second-order valence-corrected chi connectivity index (χ2v) is 8.41. The van der Waals surface area contributed by atoms with Crippen molar-refractivity contribution in [3.05, 3.63) is 29.3 Å². The van der Waals surface area contributed by atoms with Crippen LogP contribution < -0.4 is 4.74 Å². The molecule has 0 saturated carbocycles. The van der Waals surface area contributed by atoms with Crippen LogP contribution in [0.2, 0.25) is 0 Å². The summed E-state index contributed by atoms with van der Waals surface area (Å²) >= 11 is 0. The highest BCUT2D eigenvalue weighted by Gasteiger charge is 2.21. The molecule has 6 heteroatoms. The van der Waals surface area contributed by atoms with E-state index >= 15 is 0 Å². The van der Waals surface area contributed by atoms with E-state index in [0.29, 0.717) is 32.3 Å². The number of carbonyl (C=O) groups is 2. The smallest absolute Gasteiger partial charge is 0.219 e. The van der Waals surface area contributed by atoms with E-state index in [4.69, 9.17) is 4.74 Å². The Hall–Kier alpha value is -1.92. The zero-order valence-electron chi connectivity index (χ0n) is 18.2. The fourth-order valence-corrected chi connectivity index (χ4v) is 4.27. The number of likely N-dealkylation sites (tertiary alicyclic amines) is 1. The zero-order valence-corrected chi connectivity index (χ0v) is 18.2. The van der Waals surface area contributed by atoms with Crippen LogP contribution in [-0.4, -0.2) is 84.9 Å². The van der Waals surface area contributed by atoms with E-state index in [-0.39, 0.29) is 11.7 Å². The topological polar surface area (TPSA) is 53.1 Å². The lowest BCUT2D eigenvalue weighted by atomic mass is 10.1. The number of ketones is 1. The molecule has 1 amide bonds. The third kappa shape index (κ3) is 6.03. The van der Waals surface area contributed by atoms with Crippen LogP contribution in [0.25, 0.3) is 0 Å². The van der Waals surface area contributed by atoms with Crippen molar-refractivity contribution in [2.75, 3.05) is 52.4 Å². The van der Waals surface area contributed by atoms with Gasteiger partial charge in [0, 0.05) is 51.3 Å². The maximum Gasteiger partial charge on any atom is 0.219 e. The summed E-state index contributed by atoms with van der Waals surface area (Å²) in [5.41, 5.74) is 1.74. The summed E-state index contributed by atoms with van der Waals surface area (Å²) < 4.78 is 5.96. The van der Waals surface area contributed by atoms with Crippen LogP contribution in [0.1, 0.15) is 49.0 Å². The van der Waals surface area contributed by atoms with E-state index < -0.39 is 0 Å². The molecule has 0 aliphatic carbocycles. The molecule has 1 aromatic carbocycles. The van der Waals surface area contributed by atoms with Crippen LogP contribution in [0.3, 0.4) is 0 Å². The van der Waals surface area contributed by atoms with Gasteiger partial charge in [-0.15, -0.1) is 0 Å². The maximum absolute atomic E-state index is 12.7. The molecular weight excluding hydrogens is 366 g/mol. The van der Waals surface area contributed by atoms with Gasteiger partial charge in [0.2, 0.25) is 5.91 Å². The Bertz CT molecular complexity index is 713. The van der Waals surface area contributed by atoms with Crippen molar-refractivity contribution in [1.29, 1.82) is 0 Å². The Balaban J connectivity index is 1.43. The van der Waals surface area contributed by atoms with Gasteiger partial charge >= 0.3 is 0 Å². The first-order valence-electron chi connectivity index (χ1n) is 10.9. The van der Waals surface area contributed by atoms with Crippen LogP contribution in [0.15, 0.2) is 18.2 Å². The number of hydrogen-bond donors (Lipinski definition) is 0. The Kier molecular flexibility index (Phi) is 7.67. The Morgan fingerprint density at radius 1 is 1.14 bits per heavy atom. The highest BCUT2D eigenvalue weighted by molar-refractivity contribution is 5.98. The summed E-state index contributed by atoms with van der Waals surface area (Å²) in [6.45, 7) is 12.2. The van der Waals surface area contributed by atoms with Gasteiger partial charge in [-0.05, 0) is 63.4 Å². The second kappa shape index (κ2) is 10.2. The van der Waals surface area contributed by atoms with Gasteiger partial charge in [-0.25, -0.2) is 0 Å². The lowest BCUT2D eigenvalue weighted by molar-refractivity contribution is -0.130. The minimum Gasteiger partial charge on any atom is -0.493 e. The van der Waals surface area contributed by atoms with Crippen LogP contribution in [0.4, 0.5) is 0 Å². The molecule has 29 heavy (non-hydrogen) atoms. The van der Waals surface area contributed by atoms with Gasteiger partial charge < -0.3 is 14.5 Å². The molecule has 0 spiro atoms. The molecule has 0 radical (unpaired) electrons. The molecule has 160 valence electrons. The van der Waals surface area contributed by atoms with Crippen LogP contribution >= 0.6 is 0 Å². The van der Waals surface area contributed by atoms with Crippen molar-refractivity contribution in [2.24, 2.45) is 0 Å². The van der Waals surface area contributed by atoms with Crippen molar-refractivity contribution >= 4 is 11.7 Å². The predicted octanol–water partition coefficient (Wildman–Crippen LogP) is 2.60. The molecule has 0 bridgehead atoms. The Morgan fingerprint density at radius 3 is 2.52 bits per heavy atom. The average Bonchev–Trinajstić information content (AvgIpc) is 3.11. The molecule has 0 aromatic heterocycles. The SMILES string of the molecule is CC(=O)N1CCN(CC(=O)c2ccc(OCCCN3CCCC3C)c(C)c2)CC1. The number of rotatable bonds is 8. The van der Waals surface area contributed by atoms with Crippen LogP contribution in [0, 0.1) is 6.92 Å². The zero-order chi connectivity index (χ0) is 20.8. The van der Waals surface area contributed by atoms with Gasteiger partial charge in [-0.2, -0.15) is 0 Å². The molecule has 3 rings (SSSR count). The van der Waals surface area contributed by atoms with E-state index in [1.165, 1.54) is 19.4 Å². The number of piperazine rings is 1. The average molecular weight is 402 g/mol. The van der Waals surface area contributed by atoms with E-state index in [1.807, 2.05) is 30.0 Å². The molecule has 2 heterocycles. The highest BCUT2D eigenvalue weighted by atomic mass is 16.5. The van der Waals surface area contributed by atoms with E-state index in [9.17, 15) is 9.59 Å². The molecule has 6 nitrogen and oxygen atoms in total. The maximum atomic E-state index is 12.7. The molecule has 2 saturated heterocycles. The quantitative estimate of drug-likeness (QED) is 0.495. The minimum absolute atomic E-state index is 0.108. The van der Waals surface area contributed by atoms with Crippen LogP contribution in [-0.2, 0) is 4.79 Å². The summed E-state index contributed by atoms with van der Waals surface area (Å²) in [5, 5.41) is 0. The van der Waals surface area contributed by atoms with Crippen molar-refractivity contribution in [1.82, 2.24) is 14.7 Å². The summed E-state index contributed by atoms with van der Waals surface area (Å²) in [5.74, 6) is 1.10. The van der Waals surface area contributed by atoms with Crippen molar-refractivity contribution < 1.29 is 14.3 Å².